The largest absolute Gasteiger partial charge is 0.490 e. The number of hydrogen-bond donors (Lipinski definition) is 0. The SMILES string of the molecule is Cc1cc(C)n2c(SCCOc3c(Cl)cccc3Cl)nnc2n1. The van der Waals surface area contributed by atoms with E-state index in [1.54, 1.807) is 30.0 Å². The molecule has 0 N–H and O–H groups in total. The van der Waals surface area contributed by atoms with E-state index >= 15 is 0 Å². The van der Waals surface area contributed by atoms with Gasteiger partial charge in [0.2, 0.25) is 0 Å². The van der Waals surface area contributed by atoms with Gasteiger partial charge in [0.1, 0.15) is 0 Å². The summed E-state index contributed by atoms with van der Waals surface area (Å²) in [6.07, 6.45) is 0. The Labute approximate surface area is 148 Å². The molecule has 0 radical (unpaired) electrons. The third-order valence-electron chi connectivity index (χ3n) is 3.14. The van der Waals surface area contributed by atoms with Crippen LogP contribution in [0.1, 0.15) is 11.4 Å². The average molecular weight is 369 g/mol. The molecule has 5 nitrogen and oxygen atoms in total. The van der Waals surface area contributed by atoms with Crippen molar-refractivity contribution in [3.63, 3.8) is 0 Å². The van der Waals surface area contributed by atoms with Crippen LogP contribution in [-0.2, 0) is 0 Å². The first-order valence-electron chi connectivity index (χ1n) is 6.95. The Morgan fingerprint density at radius 2 is 1.91 bits per heavy atom. The van der Waals surface area contributed by atoms with Gasteiger partial charge in [0.05, 0.1) is 16.7 Å². The summed E-state index contributed by atoms with van der Waals surface area (Å²) < 4.78 is 7.60. The van der Waals surface area contributed by atoms with Crippen LogP contribution in [-0.4, -0.2) is 31.9 Å². The van der Waals surface area contributed by atoms with Gasteiger partial charge in [-0.3, -0.25) is 4.40 Å². The van der Waals surface area contributed by atoms with Crippen LogP contribution in [0.2, 0.25) is 10.0 Å². The second kappa shape index (κ2) is 6.95. The minimum Gasteiger partial charge on any atom is -0.490 e. The first-order valence-corrected chi connectivity index (χ1v) is 8.69. The number of para-hydroxylation sites is 1. The van der Waals surface area contributed by atoms with E-state index in [-0.39, 0.29) is 0 Å². The zero-order valence-corrected chi connectivity index (χ0v) is 14.9. The number of fused-ring (bicyclic) bond motifs is 1. The Morgan fingerprint density at radius 1 is 1.17 bits per heavy atom. The fourth-order valence-corrected chi connectivity index (χ4v) is 3.50. The van der Waals surface area contributed by atoms with Crippen molar-refractivity contribution >= 4 is 40.7 Å². The molecule has 8 heteroatoms. The Balaban J connectivity index is 1.66. The van der Waals surface area contributed by atoms with E-state index in [1.807, 2.05) is 24.3 Å². The van der Waals surface area contributed by atoms with Crippen LogP contribution >= 0.6 is 35.0 Å². The molecule has 0 saturated carbocycles. The molecule has 2 heterocycles. The quantitative estimate of drug-likeness (QED) is 0.498. The van der Waals surface area contributed by atoms with Crippen LogP contribution in [0.3, 0.4) is 0 Å². The summed E-state index contributed by atoms with van der Waals surface area (Å²) >= 11 is 13.7. The van der Waals surface area contributed by atoms with E-state index in [0.29, 0.717) is 33.9 Å². The lowest BCUT2D eigenvalue weighted by Gasteiger charge is -2.09. The molecule has 0 spiro atoms. The number of benzene rings is 1. The molecule has 120 valence electrons. The number of rotatable bonds is 5. The number of aromatic nitrogens is 4. The summed E-state index contributed by atoms with van der Waals surface area (Å²) in [7, 11) is 0. The van der Waals surface area contributed by atoms with Gasteiger partial charge >= 0.3 is 0 Å². The van der Waals surface area contributed by atoms with Gasteiger partial charge in [-0.1, -0.05) is 41.0 Å². The molecule has 23 heavy (non-hydrogen) atoms. The predicted octanol–water partition coefficient (Wildman–Crippen LogP) is 4.22. The zero-order valence-electron chi connectivity index (χ0n) is 12.6. The Morgan fingerprint density at radius 3 is 2.65 bits per heavy atom. The summed E-state index contributed by atoms with van der Waals surface area (Å²) in [5.74, 6) is 1.81. The summed E-state index contributed by atoms with van der Waals surface area (Å²) in [4.78, 5) is 4.37. The van der Waals surface area contributed by atoms with Crippen LogP contribution in [0.15, 0.2) is 29.4 Å². The average Bonchev–Trinajstić information content (AvgIpc) is 2.89. The van der Waals surface area contributed by atoms with Crippen molar-refractivity contribution in [1.29, 1.82) is 0 Å². The fraction of sp³-hybridized carbons (Fsp3) is 0.267. The number of hydrogen-bond acceptors (Lipinski definition) is 5. The Bertz CT molecular complexity index is 833. The topological polar surface area (TPSA) is 52.3 Å². The highest BCUT2D eigenvalue weighted by Crippen LogP contribution is 2.32. The van der Waals surface area contributed by atoms with E-state index in [2.05, 4.69) is 15.2 Å². The maximum absolute atomic E-state index is 6.07. The first kappa shape index (κ1) is 16.4. The van der Waals surface area contributed by atoms with Crippen LogP contribution in [0, 0.1) is 13.8 Å². The first-order chi connectivity index (χ1) is 11.1. The van der Waals surface area contributed by atoms with Crippen molar-refractivity contribution in [3.05, 3.63) is 45.7 Å². The standard InChI is InChI=1S/C15H14Cl2N4OS/c1-9-8-10(2)21-14(18-9)19-20-15(21)23-7-6-22-13-11(16)4-3-5-12(13)17/h3-5,8H,6-7H2,1-2H3. The van der Waals surface area contributed by atoms with Crippen molar-refractivity contribution in [2.75, 3.05) is 12.4 Å². The zero-order chi connectivity index (χ0) is 16.4. The van der Waals surface area contributed by atoms with Crippen LogP contribution < -0.4 is 4.74 Å². The third kappa shape index (κ3) is 3.54. The highest BCUT2D eigenvalue weighted by atomic mass is 35.5. The van der Waals surface area contributed by atoms with E-state index in [9.17, 15) is 0 Å². The number of halogens is 2. The van der Waals surface area contributed by atoms with Crippen LogP contribution in [0.25, 0.3) is 5.78 Å². The van der Waals surface area contributed by atoms with E-state index in [0.717, 1.165) is 16.5 Å². The lowest BCUT2D eigenvalue weighted by atomic mass is 10.3. The number of nitrogens with zero attached hydrogens (tertiary/aromatic N) is 4. The maximum Gasteiger partial charge on any atom is 0.256 e. The molecule has 3 rings (SSSR count). The van der Waals surface area contributed by atoms with E-state index in [4.69, 9.17) is 27.9 Å². The smallest absolute Gasteiger partial charge is 0.256 e. The molecular weight excluding hydrogens is 355 g/mol. The Kier molecular flexibility index (Phi) is 4.94. The van der Waals surface area contributed by atoms with Gasteiger partial charge in [0, 0.05) is 17.1 Å². The molecule has 0 fully saturated rings. The summed E-state index contributed by atoms with van der Waals surface area (Å²) in [6, 6.07) is 7.28. The molecule has 3 aromatic rings. The molecule has 2 aromatic heterocycles. The molecule has 0 aliphatic rings. The minimum atomic E-state index is 0.460. The molecule has 0 aliphatic carbocycles. The van der Waals surface area contributed by atoms with Crippen molar-refractivity contribution in [2.45, 2.75) is 19.0 Å². The number of aryl methyl sites for hydroxylation is 2. The minimum absolute atomic E-state index is 0.460. The molecule has 0 amide bonds. The van der Waals surface area contributed by atoms with Gasteiger partial charge in [0.25, 0.3) is 5.78 Å². The summed E-state index contributed by atoms with van der Waals surface area (Å²) in [5, 5.41) is 10.1. The molecular formula is C15H14Cl2N4OS. The second-order valence-corrected chi connectivity index (χ2v) is 6.78. The van der Waals surface area contributed by atoms with Gasteiger partial charge in [-0.25, -0.2) is 4.98 Å². The van der Waals surface area contributed by atoms with Crippen molar-refractivity contribution < 1.29 is 4.74 Å². The predicted molar refractivity (Wildman–Crippen MR) is 92.9 cm³/mol. The highest BCUT2D eigenvalue weighted by Gasteiger charge is 2.11. The summed E-state index contributed by atoms with van der Waals surface area (Å²) in [5.41, 5.74) is 1.98. The fourth-order valence-electron chi connectivity index (χ4n) is 2.19. The van der Waals surface area contributed by atoms with E-state index < -0.39 is 0 Å². The van der Waals surface area contributed by atoms with Gasteiger partial charge in [0.15, 0.2) is 10.9 Å². The van der Waals surface area contributed by atoms with Crippen LogP contribution in [0.5, 0.6) is 5.75 Å². The normalized spacial score (nSPS) is 11.1. The van der Waals surface area contributed by atoms with Crippen molar-refractivity contribution in [3.8, 4) is 5.75 Å². The van der Waals surface area contributed by atoms with Crippen molar-refractivity contribution in [1.82, 2.24) is 19.6 Å². The van der Waals surface area contributed by atoms with Gasteiger partial charge in [-0.2, -0.15) is 0 Å². The van der Waals surface area contributed by atoms with Crippen molar-refractivity contribution in [2.24, 2.45) is 0 Å². The van der Waals surface area contributed by atoms with Gasteiger partial charge in [-0.05, 0) is 32.0 Å². The molecule has 0 bridgehead atoms. The third-order valence-corrected chi connectivity index (χ3v) is 4.63. The monoisotopic (exact) mass is 368 g/mol. The Hall–Kier alpha value is -1.50. The molecule has 0 unspecified atom stereocenters. The molecule has 1 aromatic carbocycles. The lowest BCUT2D eigenvalue weighted by molar-refractivity contribution is 0.344. The van der Waals surface area contributed by atoms with Gasteiger partial charge < -0.3 is 4.74 Å². The second-order valence-electron chi connectivity index (χ2n) is 4.90. The molecule has 0 aliphatic heterocycles. The highest BCUT2D eigenvalue weighted by molar-refractivity contribution is 7.99. The van der Waals surface area contributed by atoms with Gasteiger partial charge in [-0.15, -0.1) is 10.2 Å². The molecule has 0 saturated heterocycles. The van der Waals surface area contributed by atoms with E-state index in [1.165, 1.54) is 0 Å². The summed E-state index contributed by atoms with van der Waals surface area (Å²) in [6.45, 7) is 4.41. The lowest BCUT2D eigenvalue weighted by Crippen LogP contribution is -2.03. The van der Waals surface area contributed by atoms with Crippen LogP contribution in [0.4, 0.5) is 0 Å². The molecule has 0 atom stereocenters. The number of thioether (sulfide) groups is 1. The maximum atomic E-state index is 6.07. The number of ether oxygens (including phenoxy) is 1.